The molecule has 1 rings (SSSR count). The van der Waals surface area contributed by atoms with Gasteiger partial charge in [-0.25, -0.2) is 4.79 Å². The van der Waals surface area contributed by atoms with E-state index in [9.17, 15) is 18.0 Å². The molecule has 1 aromatic rings. The molecule has 0 heterocycles. The van der Waals surface area contributed by atoms with Gasteiger partial charge in [0.25, 0.3) is 0 Å². The molecule has 6 heteroatoms. The van der Waals surface area contributed by atoms with Gasteiger partial charge in [0, 0.05) is 18.8 Å². The molecule has 21 heavy (non-hydrogen) atoms. The van der Waals surface area contributed by atoms with Crippen molar-refractivity contribution in [3.8, 4) is 0 Å². The van der Waals surface area contributed by atoms with Crippen LogP contribution in [0.4, 0.5) is 18.9 Å². The first-order chi connectivity index (χ1) is 9.54. The number of halogens is 3. The third kappa shape index (κ3) is 4.37. The highest BCUT2D eigenvalue weighted by Gasteiger charge is 2.35. The maximum Gasteiger partial charge on any atom is 0.418 e. The molecule has 1 unspecified atom stereocenters. The van der Waals surface area contributed by atoms with Gasteiger partial charge < -0.3 is 10.0 Å². The number of anilines is 1. The molecule has 118 valence electrons. The molecule has 0 aromatic heterocycles. The van der Waals surface area contributed by atoms with Gasteiger partial charge in [-0.2, -0.15) is 13.2 Å². The minimum atomic E-state index is -4.59. The van der Waals surface area contributed by atoms with Crippen LogP contribution in [0.15, 0.2) is 18.2 Å². The third-order valence-corrected chi connectivity index (χ3v) is 3.40. The number of rotatable bonds is 5. The lowest BCUT2D eigenvalue weighted by atomic mass is 10.0. The first kappa shape index (κ1) is 17.3. The number of alkyl halides is 3. The Morgan fingerprint density at radius 3 is 2.29 bits per heavy atom. The van der Waals surface area contributed by atoms with Crippen LogP contribution >= 0.6 is 0 Å². The molecule has 0 fully saturated rings. The van der Waals surface area contributed by atoms with Gasteiger partial charge >= 0.3 is 12.1 Å². The molecule has 0 aliphatic heterocycles. The van der Waals surface area contributed by atoms with E-state index in [0.717, 1.165) is 6.42 Å². The maximum atomic E-state index is 13.2. The molecule has 0 saturated heterocycles. The molecule has 0 radical (unpaired) electrons. The topological polar surface area (TPSA) is 40.5 Å². The van der Waals surface area contributed by atoms with Crippen LogP contribution in [0.25, 0.3) is 0 Å². The summed E-state index contributed by atoms with van der Waals surface area (Å²) in [7, 11) is 1.60. The van der Waals surface area contributed by atoms with Crippen LogP contribution in [0, 0.1) is 5.92 Å². The maximum absolute atomic E-state index is 13.2. The number of benzene rings is 1. The van der Waals surface area contributed by atoms with Gasteiger partial charge in [0.05, 0.1) is 11.1 Å². The van der Waals surface area contributed by atoms with Crippen molar-refractivity contribution in [3.05, 3.63) is 29.3 Å². The minimum Gasteiger partial charge on any atom is -0.478 e. The van der Waals surface area contributed by atoms with E-state index in [4.69, 9.17) is 5.11 Å². The van der Waals surface area contributed by atoms with Gasteiger partial charge in [-0.1, -0.05) is 13.8 Å². The van der Waals surface area contributed by atoms with Crippen LogP contribution in [0.1, 0.15) is 43.1 Å². The van der Waals surface area contributed by atoms with Crippen LogP contribution < -0.4 is 4.90 Å². The fourth-order valence-electron chi connectivity index (χ4n) is 2.28. The van der Waals surface area contributed by atoms with E-state index in [0.29, 0.717) is 12.0 Å². The van der Waals surface area contributed by atoms with Crippen LogP contribution in [0.3, 0.4) is 0 Å². The summed E-state index contributed by atoms with van der Waals surface area (Å²) >= 11 is 0. The Balaban J connectivity index is 3.25. The molecule has 0 amide bonds. The average molecular weight is 303 g/mol. The monoisotopic (exact) mass is 303 g/mol. The summed E-state index contributed by atoms with van der Waals surface area (Å²) in [6.07, 6.45) is -3.85. The Bertz CT molecular complexity index is 512. The van der Waals surface area contributed by atoms with Gasteiger partial charge in [0.2, 0.25) is 0 Å². The van der Waals surface area contributed by atoms with Crippen molar-refractivity contribution in [1.82, 2.24) is 0 Å². The van der Waals surface area contributed by atoms with Gasteiger partial charge in [-0.15, -0.1) is 0 Å². The number of hydrogen-bond donors (Lipinski definition) is 1. The van der Waals surface area contributed by atoms with Gasteiger partial charge in [0.1, 0.15) is 0 Å². The van der Waals surface area contributed by atoms with E-state index >= 15 is 0 Å². The van der Waals surface area contributed by atoms with E-state index in [1.807, 2.05) is 20.8 Å². The van der Waals surface area contributed by atoms with Crippen LogP contribution in [0.5, 0.6) is 0 Å². The molecule has 0 aliphatic carbocycles. The molecular formula is C15H20F3NO2. The van der Waals surface area contributed by atoms with Crippen molar-refractivity contribution in [2.45, 2.75) is 39.4 Å². The Morgan fingerprint density at radius 1 is 1.29 bits per heavy atom. The summed E-state index contributed by atoms with van der Waals surface area (Å²) in [5, 5.41) is 8.85. The minimum absolute atomic E-state index is 0.000602. The standard InChI is InChI=1S/C15H20F3NO2/c1-9(2)7-10(3)19(4)13-6-5-11(14(20)21)8-12(13)15(16,17)18/h5-6,8-10H,7H2,1-4H3,(H,20,21). The van der Waals surface area contributed by atoms with Crippen molar-refractivity contribution in [3.63, 3.8) is 0 Å². The zero-order valence-electron chi connectivity index (χ0n) is 12.5. The summed E-state index contributed by atoms with van der Waals surface area (Å²) in [6.45, 7) is 5.86. The van der Waals surface area contributed by atoms with Gasteiger partial charge in [-0.3, -0.25) is 0 Å². The predicted molar refractivity (Wildman–Crippen MR) is 75.7 cm³/mol. The first-order valence-corrected chi connectivity index (χ1v) is 6.71. The number of aromatic carboxylic acids is 1. The molecule has 0 bridgehead atoms. The summed E-state index contributed by atoms with van der Waals surface area (Å²) in [5.74, 6) is -1.01. The number of carbonyl (C=O) groups is 1. The molecular weight excluding hydrogens is 283 g/mol. The Labute approximate surface area is 122 Å². The average Bonchev–Trinajstić information content (AvgIpc) is 2.35. The van der Waals surface area contributed by atoms with Crippen LogP contribution in [-0.2, 0) is 6.18 Å². The fraction of sp³-hybridized carbons (Fsp3) is 0.533. The summed E-state index contributed by atoms with van der Waals surface area (Å²) in [6, 6.07) is 3.03. The second-order valence-electron chi connectivity index (χ2n) is 5.62. The number of carboxylic acid groups (broad SMARTS) is 1. The van der Waals surface area contributed by atoms with Crippen molar-refractivity contribution in [1.29, 1.82) is 0 Å². The number of carboxylic acids is 1. The van der Waals surface area contributed by atoms with Crippen LogP contribution in [0.2, 0.25) is 0 Å². The summed E-state index contributed by atoms with van der Waals surface area (Å²) in [4.78, 5) is 12.4. The van der Waals surface area contributed by atoms with Crippen molar-refractivity contribution < 1.29 is 23.1 Å². The summed E-state index contributed by atoms with van der Waals surface area (Å²) < 4.78 is 39.5. The fourth-order valence-corrected chi connectivity index (χ4v) is 2.28. The smallest absolute Gasteiger partial charge is 0.418 e. The van der Waals surface area contributed by atoms with E-state index in [-0.39, 0.29) is 17.3 Å². The highest BCUT2D eigenvalue weighted by atomic mass is 19.4. The van der Waals surface area contributed by atoms with E-state index in [1.54, 1.807) is 11.9 Å². The quantitative estimate of drug-likeness (QED) is 0.883. The molecule has 0 spiro atoms. The van der Waals surface area contributed by atoms with Crippen molar-refractivity contribution in [2.75, 3.05) is 11.9 Å². The lowest BCUT2D eigenvalue weighted by Crippen LogP contribution is -2.32. The molecule has 3 nitrogen and oxygen atoms in total. The highest BCUT2D eigenvalue weighted by molar-refractivity contribution is 5.88. The molecule has 0 saturated carbocycles. The SMILES string of the molecule is CC(C)CC(C)N(C)c1ccc(C(=O)O)cc1C(F)(F)F. The molecule has 1 atom stereocenters. The number of hydrogen-bond acceptors (Lipinski definition) is 2. The number of nitrogens with zero attached hydrogens (tertiary/aromatic N) is 1. The summed E-state index contributed by atoms with van der Waals surface area (Å²) in [5.41, 5.74) is -1.28. The van der Waals surface area contributed by atoms with Gasteiger partial charge in [0.15, 0.2) is 0 Å². The zero-order valence-corrected chi connectivity index (χ0v) is 12.5. The van der Waals surface area contributed by atoms with Crippen molar-refractivity contribution in [2.24, 2.45) is 5.92 Å². The second-order valence-corrected chi connectivity index (χ2v) is 5.62. The lowest BCUT2D eigenvalue weighted by Gasteiger charge is -2.30. The van der Waals surface area contributed by atoms with E-state index in [1.165, 1.54) is 12.1 Å². The normalized spacial score (nSPS) is 13.3. The van der Waals surface area contributed by atoms with Gasteiger partial charge in [-0.05, 0) is 37.5 Å². The molecule has 0 aliphatic rings. The van der Waals surface area contributed by atoms with Crippen LogP contribution in [-0.4, -0.2) is 24.2 Å². The first-order valence-electron chi connectivity index (χ1n) is 6.71. The Morgan fingerprint density at radius 2 is 1.86 bits per heavy atom. The largest absolute Gasteiger partial charge is 0.478 e. The Hall–Kier alpha value is -1.72. The second kappa shape index (κ2) is 6.37. The predicted octanol–water partition coefficient (Wildman–Crippen LogP) is 4.27. The van der Waals surface area contributed by atoms with Crippen molar-refractivity contribution >= 4 is 11.7 Å². The van der Waals surface area contributed by atoms with E-state index < -0.39 is 17.7 Å². The third-order valence-electron chi connectivity index (χ3n) is 3.40. The lowest BCUT2D eigenvalue weighted by molar-refractivity contribution is -0.137. The Kier molecular flexibility index (Phi) is 5.25. The highest BCUT2D eigenvalue weighted by Crippen LogP contribution is 2.38. The molecule has 1 N–H and O–H groups in total. The zero-order chi connectivity index (χ0) is 16.4. The molecule has 1 aromatic carbocycles. The van der Waals surface area contributed by atoms with E-state index in [2.05, 4.69) is 0 Å².